The van der Waals surface area contributed by atoms with Crippen LogP contribution in [0.25, 0.3) is 10.9 Å². The molecule has 5 rings (SSSR count). The van der Waals surface area contributed by atoms with Crippen molar-refractivity contribution in [1.29, 1.82) is 0 Å². The number of aromatic nitrogens is 5. The lowest BCUT2D eigenvalue weighted by molar-refractivity contribution is -0.117. The van der Waals surface area contributed by atoms with Crippen LogP contribution in [0.1, 0.15) is 29.4 Å². The average molecular weight is 465 g/mol. The zero-order valence-corrected chi connectivity index (χ0v) is 18.3. The maximum Gasteiger partial charge on any atom is 0.229 e. The van der Waals surface area contributed by atoms with Crippen LogP contribution in [0.3, 0.4) is 0 Å². The lowest BCUT2D eigenvalue weighted by Gasteiger charge is -2.09. The third-order valence-electron chi connectivity index (χ3n) is 5.32. The minimum absolute atomic E-state index is 0.00286. The van der Waals surface area contributed by atoms with Crippen molar-refractivity contribution in [2.75, 3.05) is 5.32 Å². The highest BCUT2D eigenvalue weighted by molar-refractivity contribution is 6.31. The van der Waals surface area contributed by atoms with Crippen LogP contribution in [0.5, 0.6) is 5.75 Å². The fraction of sp³-hybridized carbons (Fsp3) is 0.217. The molecule has 1 N–H and O–H groups in total. The lowest BCUT2D eigenvalue weighted by Crippen LogP contribution is -2.16. The second-order valence-electron chi connectivity index (χ2n) is 7.86. The van der Waals surface area contributed by atoms with E-state index in [1.165, 1.54) is 18.5 Å². The molecule has 8 nitrogen and oxygen atoms in total. The van der Waals surface area contributed by atoms with Crippen molar-refractivity contribution in [2.45, 2.75) is 25.9 Å². The number of halogens is 2. The summed E-state index contributed by atoms with van der Waals surface area (Å²) in [6.45, 7) is 1.98. The summed E-state index contributed by atoms with van der Waals surface area (Å²) in [4.78, 5) is 25.3. The van der Waals surface area contributed by atoms with Gasteiger partial charge in [0.15, 0.2) is 5.82 Å². The van der Waals surface area contributed by atoms with E-state index in [-0.39, 0.29) is 35.7 Å². The molecule has 0 saturated heterocycles. The molecule has 166 valence electrons. The number of carbonyl (C=O) groups is 1. The molecule has 3 heterocycles. The maximum absolute atomic E-state index is 14.3. The highest BCUT2D eigenvalue weighted by atomic mass is 35.5. The number of carbonyl (C=O) groups excluding carboxylic acids is 1. The number of ether oxygens (including phenoxy) is 1. The normalized spacial score (nSPS) is 17.1. The van der Waals surface area contributed by atoms with Crippen molar-refractivity contribution < 1.29 is 13.9 Å². The zero-order valence-electron chi connectivity index (χ0n) is 17.5. The summed E-state index contributed by atoms with van der Waals surface area (Å²) in [5.74, 6) is 0.505. The lowest BCUT2D eigenvalue weighted by atomic mass is 10.1. The maximum atomic E-state index is 14.3. The number of hydrogen-bond donors (Lipinski definition) is 1. The van der Waals surface area contributed by atoms with Crippen LogP contribution in [0, 0.1) is 18.7 Å². The van der Waals surface area contributed by atoms with Crippen molar-refractivity contribution in [3.05, 3.63) is 76.8 Å². The largest absolute Gasteiger partial charge is 0.487 e. The van der Waals surface area contributed by atoms with E-state index in [4.69, 9.17) is 16.3 Å². The van der Waals surface area contributed by atoms with E-state index in [1.54, 1.807) is 24.4 Å². The Morgan fingerprint density at radius 2 is 2.12 bits per heavy atom. The Morgan fingerprint density at radius 1 is 1.24 bits per heavy atom. The second-order valence-corrected chi connectivity index (χ2v) is 8.30. The first-order valence-electron chi connectivity index (χ1n) is 10.3. The number of pyridine rings is 1. The van der Waals surface area contributed by atoms with Gasteiger partial charge < -0.3 is 10.1 Å². The number of benzene rings is 1. The van der Waals surface area contributed by atoms with Gasteiger partial charge in [-0.15, -0.1) is 5.10 Å². The molecule has 1 aliphatic carbocycles. The van der Waals surface area contributed by atoms with Crippen molar-refractivity contribution >= 4 is 34.2 Å². The van der Waals surface area contributed by atoms with Crippen LogP contribution in [-0.4, -0.2) is 31.1 Å². The van der Waals surface area contributed by atoms with Gasteiger partial charge in [0.2, 0.25) is 5.91 Å². The van der Waals surface area contributed by atoms with Crippen LogP contribution in [0.2, 0.25) is 5.02 Å². The Bertz CT molecular complexity index is 1370. The first kappa shape index (κ1) is 21.1. The molecule has 1 aliphatic rings. The molecule has 0 bridgehead atoms. The molecule has 2 atom stereocenters. The monoisotopic (exact) mass is 464 g/mol. The Hall–Kier alpha value is -3.72. The van der Waals surface area contributed by atoms with Crippen LogP contribution in [0.15, 0.2) is 48.9 Å². The Morgan fingerprint density at radius 3 is 2.97 bits per heavy atom. The number of nitrogens with zero attached hydrogens (tertiary/aromatic N) is 5. The van der Waals surface area contributed by atoms with E-state index in [0.717, 1.165) is 5.69 Å². The SMILES string of the molecule is Cc1ccnc(C2CC2C(=O)Nc2cc(OCc3cc(F)c4ncc(Cl)cc4c3)cnn2)n1. The van der Waals surface area contributed by atoms with E-state index in [1.807, 2.05) is 13.0 Å². The van der Waals surface area contributed by atoms with Crippen molar-refractivity contribution in [3.8, 4) is 5.75 Å². The summed E-state index contributed by atoms with van der Waals surface area (Å²) in [6, 6.07) is 8.16. The van der Waals surface area contributed by atoms with Gasteiger partial charge in [-0.25, -0.2) is 14.4 Å². The van der Waals surface area contributed by atoms with Crippen LogP contribution in [0.4, 0.5) is 10.2 Å². The second kappa shape index (κ2) is 8.67. The molecule has 0 spiro atoms. The number of anilines is 1. The van der Waals surface area contributed by atoms with E-state index in [0.29, 0.717) is 34.0 Å². The van der Waals surface area contributed by atoms with Gasteiger partial charge in [-0.05, 0) is 43.2 Å². The molecular weight excluding hydrogens is 447 g/mol. The van der Waals surface area contributed by atoms with Crippen molar-refractivity contribution in [1.82, 2.24) is 25.1 Å². The average Bonchev–Trinajstić information content (AvgIpc) is 3.59. The number of fused-ring (bicyclic) bond motifs is 1. The van der Waals surface area contributed by atoms with Gasteiger partial charge in [-0.2, -0.15) is 5.10 Å². The van der Waals surface area contributed by atoms with Crippen LogP contribution >= 0.6 is 11.6 Å². The third kappa shape index (κ3) is 4.73. The molecule has 1 fully saturated rings. The predicted octanol–water partition coefficient (Wildman–Crippen LogP) is 4.24. The van der Waals surface area contributed by atoms with E-state index in [2.05, 4.69) is 30.5 Å². The summed E-state index contributed by atoms with van der Waals surface area (Å²) in [5, 5.41) is 11.6. The predicted molar refractivity (Wildman–Crippen MR) is 119 cm³/mol. The molecule has 3 aromatic heterocycles. The molecule has 1 aromatic carbocycles. The van der Waals surface area contributed by atoms with Gasteiger partial charge in [0.05, 0.1) is 11.2 Å². The Kier molecular flexibility index (Phi) is 5.55. The van der Waals surface area contributed by atoms with Crippen LogP contribution < -0.4 is 10.1 Å². The smallest absolute Gasteiger partial charge is 0.229 e. The van der Waals surface area contributed by atoms with E-state index >= 15 is 0 Å². The molecule has 1 amide bonds. The number of rotatable bonds is 6. The number of amides is 1. The molecule has 0 aliphatic heterocycles. The number of hydrogen-bond acceptors (Lipinski definition) is 7. The highest BCUT2D eigenvalue weighted by Crippen LogP contribution is 2.46. The molecular formula is C23H18ClFN6O2. The topological polar surface area (TPSA) is 103 Å². The van der Waals surface area contributed by atoms with Gasteiger partial charge in [0, 0.05) is 41.4 Å². The van der Waals surface area contributed by atoms with E-state index in [9.17, 15) is 9.18 Å². The molecule has 4 aromatic rings. The summed E-state index contributed by atoms with van der Waals surface area (Å²) in [7, 11) is 0. The molecule has 1 saturated carbocycles. The van der Waals surface area contributed by atoms with E-state index < -0.39 is 5.82 Å². The summed E-state index contributed by atoms with van der Waals surface area (Å²) in [5.41, 5.74) is 1.71. The van der Waals surface area contributed by atoms with Gasteiger partial charge in [0.25, 0.3) is 0 Å². The quantitative estimate of drug-likeness (QED) is 0.455. The number of nitrogens with one attached hydrogen (secondary N) is 1. The first-order valence-corrected chi connectivity index (χ1v) is 10.6. The third-order valence-corrected chi connectivity index (χ3v) is 5.53. The molecule has 0 radical (unpaired) electrons. The summed E-state index contributed by atoms with van der Waals surface area (Å²) >= 11 is 5.96. The number of aryl methyl sites for hydroxylation is 1. The summed E-state index contributed by atoms with van der Waals surface area (Å²) < 4.78 is 20.1. The fourth-order valence-electron chi connectivity index (χ4n) is 3.61. The Labute approximate surface area is 193 Å². The summed E-state index contributed by atoms with van der Waals surface area (Å²) in [6.07, 6.45) is 5.21. The minimum Gasteiger partial charge on any atom is -0.487 e. The highest BCUT2D eigenvalue weighted by Gasteiger charge is 2.46. The fourth-order valence-corrected chi connectivity index (χ4v) is 3.78. The van der Waals surface area contributed by atoms with Gasteiger partial charge >= 0.3 is 0 Å². The molecule has 33 heavy (non-hydrogen) atoms. The van der Waals surface area contributed by atoms with Gasteiger partial charge in [-0.3, -0.25) is 9.78 Å². The standard InChI is InChI=1S/C23H18ClFN6O2/c1-12-2-3-26-22(29-12)17-8-18(17)23(32)30-20-7-16(10-28-31-20)33-11-13-4-14-6-15(24)9-27-21(14)19(25)5-13/h2-7,9-10,17-18H,8,11H2,1H3,(H,30,31,32). The minimum atomic E-state index is -0.458. The van der Waals surface area contributed by atoms with Gasteiger partial charge in [0.1, 0.15) is 29.5 Å². The zero-order chi connectivity index (χ0) is 22.9. The van der Waals surface area contributed by atoms with Gasteiger partial charge in [-0.1, -0.05) is 11.6 Å². The first-order chi connectivity index (χ1) is 16.0. The van der Waals surface area contributed by atoms with Crippen LogP contribution in [-0.2, 0) is 11.4 Å². The van der Waals surface area contributed by atoms with Crippen molar-refractivity contribution in [3.63, 3.8) is 0 Å². The van der Waals surface area contributed by atoms with Crippen molar-refractivity contribution in [2.24, 2.45) is 5.92 Å². The Balaban J connectivity index is 1.23. The molecule has 2 unspecified atom stereocenters. The molecule has 10 heteroatoms.